The zero-order chi connectivity index (χ0) is 19.0. The van der Waals surface area contributed by atoms with E-state index in [0.29, 0.717) is 22.5 Å². The maximum absolute atomic E-state index is 12.6. The number of aryl methyl sites for hydroxylation is 1. The first-order valence-corrected chi connectivity index (χ1v) is 8.20. The molecule has 26 heavy (non-hydrogen) atoms. The summed E-state index contributed by atoms with van der Waals surface area (Å²) in [6, 6.07) is 10.8. The molecule has 0 radical (unpaired) electrons. The van der Waals surface area contributed by atoms with E-state index in [-0.39, 0.29) is 5.78 Å². The normalized spacial score (nSPS) is 14.2. The van der Waals surface area contributed by atoms with E-state index in [4.69, 9.17) is 0 Å². The molecule has 1 heterocycles. The van der Waals surface area contributed by atoms with Crippen LogP contribution in [0.25, 0.3) is 0 Å². The Balaban J connectivity index is 1.85. The van der Waals surface area contributed by atoms with Crippen molar-refractivity contribution in [1.29, 1.82) is 0 Å². The van der Waals surface area contributed by atoms with Crippen molar-refractivity contribution in [3.8, 4) is 0 Å². The van der Waals surface area contributed by atoms with Crippen molar-refractivity contribution >= 4 is 34.8 Å². The first-order chi connectivity index (χ1) is 12.3. The highest BCUT2D eigenvalue weighted by atomic mass is 16.2. The van der Waals surface area contributed by atoms with Gasteiger partial charge in [-0.15, -0.1) is 0 Å². The Kier molecular flexibility index (Phi) is 4.42. The molecule has 2 aromatic rings. The van der Waals surface area contributed by atoms with E-state index in [1.165, 1.54) is 11.8 Å². The second kappa shape index (κ2) is 6.55. The Morgan fingerprint density at radius 1 is 1.08 bits per heavy atom. The van der Waals surface area contributed by atoms with Gasteiger partial charge in [-0.1, -0.05) is 23.8 Å². The van der Waals surface area contributed by atoms with Crippen molar-refractivity contribution in [1.82, 2.24) is 0 Å². The number of nitrogens with one attached hydrogen (secondary N) is 1. The lowest BCUT2D eigenvalue weighted by atomic mass is 10.1. The van der Waals surface area contributed by atoms with Gasteiger partial charge in [0.25, 0.3) is 11.7 Å². The molecule has 2 aromatic carbocycles. The van der Waals surface area contributed by atoms with Gasteiger partial charge in [-0.05, 0) is 45.0 Å². The summed E-state index contributed by atoms with van der Waals surface area (Å²) < 4.78 is 0. The predicted octanol–water partition coefficient (Wildman–Crippen LogP) is 2.75. The minimum absolute atomic E-state index is 0.112. The van der Waals surface area contributed by atoms with E-state index in [9.17, 15) is 19.2 Å². The molecule has 6 nitrogen and oxygen atoms in total. The second-order valence-electron chi connectivity index (χ2n) is 6.33. The third-order valence-corrected chi connectivity index (χ3v) is 4.37. The predicted molar refractivity (Wildman–Crippen MR) is 97.5 cm³/mol. The van der Waals surface area contributed by atoms with Gasteiger partial charge in [-0.3, -0.25) is 24.1 Å². The van der Waals surface area contributed by atoms with Crippen LogP contribution >= 0.6 is 0 Å². The zero-order valence-electron chi connectivity index (χ0n) is 14.7. The molecule has 1 aliphatic heterocycles. The number of amides is 2. The van der Waals surface area contributed by atoms with E-state index in [1.807, 2.05) is 6.92 Å². The molecule has 0 bridgehead atoms. The molecule has 0 saturated heterocycles. The molecule has 132 valence electrons. The molecule has 1 unspecified atom stereocenters. The summed E-state index contributed by atoms with van der Waals surface area (Å²) in [5.74, 6) is -1.88. The van der Waals surface area contributed by atoms with Crippen LogP contribution in [-0.4, -0.2) is 29.4 Å². The summed E-state index contributed by atoms with van der Waals surface area (Å²) in [4.78, 5) is 49.9. The van der Waals surface area contributed by atoms with Crippen LogP contribution in [0.2, 0.25) is 0 Å². The topological polar surface area (TPSA) is 83.6 Å². The quantitative estimate of drug-likeness (QED) is 0.679. The number of nitrogens with zero attached hydrogens (tertiary/aromatic N) is 1. The van der Waals surface area contributed by atoms with Gasteiger partial charge in [0.1, 0.15) is 6.04 Å². The summed E-state index contributed by atoms with van der Waals surface area (Å²) in [6.07, 6.45) is 0. The third kappa shape index (κ3) is 3.01. The van der Waals surface area contributed by atoms with Crippen LogP contribution in [-0.2, 0) is 9.59 Å². The number of ketones is 2. The summed E-state index contributed by atoms with van der Waals surface area (Å²) in [6.45, 7) is 4.83. The van der Waals surface area contributed by atoms with Crippen molar-refractivity contribution in [2.24, 2.45) is 0 Å². The Hall–Kier alpha value is -3.28. The van der Waals surface area contributed by atoms with Crippen LogP contribution in [0, 0.1) is 6.92 Å². The number of anilines is 2. The average Bonchev–Trinajstić information content (AvgIpc) is 2.85. The largest absolute Gasteiger partial charge is 0.324 e. The minimum atomic E-state index is -0.878. The molecule has 1 atom stereocenters. The molecule has 0 aliphatic carbocycles. The molecule has 1 N–H and O–H groups in total. The number of hydrogen-bond donors (Lipinski definition) is 1. The number of carbonyl (C=O) groups excluding carboxylic acids is 4. The van der Waals surface area contributed by atoms with Gasteiger partial charge < -0.3 is 5.32 Å². The lowest BCUT2D eigenvalue weighted by Gasteiger charge is -2.24. The van der Waals surface area contributed by atoms with Crippen LogP contribution < -0.4 is 10.2 Å². The number of rotatable bonds is 4. The van der Waals surface area contributed by atoms with Crippen LogP contribution in [0.1, 0.15) is 40.1 Å². The number of benzene rings is 2. The fourth-order valence-corrected chi connectivity index (χ4v) is 2.94. The molecule has 6 heteroatoms. The Morgan fingerprint density at radius 2 is 1.81 bits per heavy atom. The molecule has 0 spiro atoms. The third-order valence-electron chi connectivity index (χ3n) is 4.37. The highest BCUT2D eigenvalue weighted by Crippen LogP contribution is 2.31. The average molecular weight is 350 g/mol. The van der Waals surface area contributed by atoms with Crippen LogP contribution in [0.3, 0.4) is 0 Å². The maximum Gasteiger partial charge on any atom is 0.300 e. The van der Waals surface area contributed by atoms with Crippen LogP contribution in [0.4, 0.5) is 11.4 Å². The van der Waals surface area contributed by atoms with Gasteiger partial charge in [0.15, 0.2) is 5.78 Å². The molecule has 0 saturated carbocycles. The fraction of sp³-hybridized carbons (Fsp3) is 0.200. The minimum Gasteiger partial charge on any atom is -0.324 e. The standard InChI is InChI=1S/C20H18N2O4/c1-11-7-8-17-16(9-11)18(24)20(26)22(17)12(2)19(25)21-15-6-4-5-14(10-15)13(3)23/h4-10,12H,1-3H3,(H,21,25). The van der Waals surface area contributed by atoms with E-state index < -0.39 is 23.6 Å². The second-order valence-corrected chi connectivity index (χ2v) is 6.33. The van der Waals surface area contributed by atoms with Gasteiger partial charge in [-0.2, -0.15) is 0 Å². The van der Waals surface area contributed by atoms with E-state index in [0.717, 1.165) is 5.56 Å². The molecular formula is C20H18N2O4. The van der Waals surface area contributed by atoms with Gasteiger partial charge >= 0.3 is 0 Å². The van der Waals surface area contributed by atoms with Crippen LogP contribution in [0.5, 0.6) is 0 Å². The molecule has 0 fully saturated rings. The van der Waals surface area contributed by atoms with Crippen LogP contribution in [0.15, 0.2) is 42.5 Å². The summed E-state index contributed by atoms with van der Waals surface area (Å²) in [5.41, 5.74) is 2.55. The van der Waals surface area contributed by atoms with Gasteiger partial charge in [0.2, 0.25) is 5.91 Å². The van der Waals surface area contributed by atoms with Crippen molar-refractivity contribution in [2.75, 3.05) is 10.2 Å². The number of fused-ring (bicyclic) bond motifs is 1. The van der Waals surface area contributed by atoms with E-state index in [1.54, 1.807) is 49.4 Å². The van der Waals surface area contributed by atoms with Gasteiger partial charge in [0, 0.05) is 11.3 Å². The van der Waals surface area contributed by atoms with Crippen molar-refractivity contribution < 1.29 is 19.2 Å². The van der Waals surface area contributed by atoms with Crippen molar-refractivity contribution in [3.63, 3.8) is 0 Å². The molecule has 1 aliphatic rings. The van der Waals surface area contributed by atoms with Crippen molar-refractivity contribution in [2.45, 2.75) is 26.8 Å². The summed E-state index contributed by atoms with van der Waals surface area (Å²) >= 11 is 0. The first kappa shape index (κ1) is 17.5. The van der Waals surface area contributed by atoms with Gasteiger partial charge in [-0.25, -0.2) is 0 Å². The summed E-state index contributed by atoms with van der Waals surface area (Å²) in [7, 11) is 0. The zero-order valence-corrected chi connectivity index (χ0v) is 14.7. The lowest BCUT2D eigenvalue weighted by molar-refractivity contribution is -0.120. The molecule has 0 aromatic heterocycles. The fourth-order valence-electron chi connectivity index (χ4n) is 2.94. The lowest BCUT2D eigenvalue weighted by Crippen LogP contribution is -2.45. The Morgan fingerprint density at radius 3 is 2.50 bits per heavy atom. The highest BCUT2D eigenvalue weighted by molar-refractivity contribution is 6.53. The number of hydrogen-bond acceptors (Lipinski definition) is 4. The molecule has 3 rings (SSSR count). The molecule has 2 amide bonds. The Labute approximate surface area is 150 Å². The number of Topliss-reactive ketones (excluding diaryl/α,β-unsaturated/α-hetero) is 2. The monoisotopic (exact) mass is 350 g/mol. The Bertz CT molecular complexity index is 949. The SMILES string of the molecule is CC(=O)c1cccc(NC(=O)C(C)N2C(=O)C(=O)c3cc(C)ccc32)c1. The van der Waals surface area contributed by atoms with E-state index >= 15 is 0 Å². The van der Waals surface area contributed by atoms with Crippen molar-refractivity contribution in [3.05, 3.63) is 59.2 Å². The maximum atomic E-state index is 12.6. The smallest absolute Gasteiger partial charge is 0.300 e. The highest BCUT2D eigenvalue weighted by Gasteiger charge is 2.40. The summed E-state index contributed by atoms with van der Waals surface area (Å²) in [5, 5.41) is 2.70. The van der Waals surface area contributed by atoms with Gasteiger partial charge in [0.05, 0.1) is 11.3 Å². The number of carbonyl (C=O) groups is 4. The van der Waals surface area contributed by atoms with E-state index in [2.05, 4.69) is 5.32 Å². The first-order valence-electron chi connectivity index (χ1n) is 8.20. The molecular weight excluding hydrogens is 332 g/mol.